The number of rotatable bonds is 3. The number of hydrogen-bond donors (Lipinski definition) is 2. The van der Waals surface area contributed by atoms with Gasteiger partial charge in [0.25, 0.3) is 0 Å². The minimum Gasteiger partial charge on any atom is -0.369 e. The Labute approximate surface area is 124 Å². The normalized spacial score (nSPS) is 23.0. The molecular weight excluding hydrogens is 264 g/mol. The average Bonchev–Trinajstić information content (AvgIpc) is 3.18. The van der Waals surface area contributed by atoms with Gasteiger partial charge in [-0.1, -0.05) is 0 Å². The first kappa shape index (κ1) is 13.0. The molecule has 6 heteroatoms. The van der Waals surface area contributed by atoms with E-state index in [2.05, 4.69) is 48.5 Å². The number of hydrogen-bond acceptors (Lipinski definition) is 5. The average molecular weight is 286 g/mol. The Kier molecular flexibility index (Phi) is 3.48. The molecule has 2 aromatic heterocycles. The molecule has 2 aromatic rings. The largest absolute Gasteiger partial charge is 0.369 e. The minimum absolute atomic E-state index is 0.699. The number of nitrogens with zero attached hydrogens (tertiary/aromatic N) is 4. The molecule has 4 rings (SSSR count). The van der Waals surface area contributed by atoms with Crippen LogP contribution in [-0.2, 0) is 6.42 Å². The van der Waals surface area contributed by atoms with Gasteiger partial charge in [-0.25, -0.2) is 0 Å². The molecule has 21 heavy (non-hydrogen) atoms. The van der Waals surface area contributed by atoms with Crippen molar-refractivity contribution >= 4 is 11.3 Å². The molecule has 2 N–H and O–H groups in total. The second-order valence-electron chi connectivity index (χ2n) is 6.03. The fourth-order valence-electron chi connectivity index (χ4n) is 3.34. The summed E-state index contributed by atoms with van der Waals surface area (Å²) in [4.78, 5) is 2.41. The van der Waals surface area contributed by atoms with Gasteiger partial charge < -0.3 is 15.5 Å². The van der Waals surface area contributed by atoms with Gasteiger partial charge in [0, 0.05) is 50.6 Å². The number of pyridine rings is 1. The highest BCUT2D eigenvalue weighted by atomic mass is 15.3. The van der Waals surface area contributed by atoms with E-state index >= 15 is 0 Å². The zero-order chi connectivity index (χ0) is 14.1. The lowest BCUT2D eigenvalue weighted by atomic mass is 10.0. The van der Waals surface area contributed by atoms with Crippen molar-refractivity contribution in [2.45, 2.75) is 12.8 Å². The predicted octanol–water partition coefficient (Wildman–Crippen LogP) is 0.291. The van der Waals surface area contributed by atoms with Crippen molar-refractivity contribution in [1.82, 2.24) is 25.2 Å². The summed E-state index contributed by atoms with van der Waals surface area (Å²) >= 11 is 0. The van der Waals surface area contributed by atoms with Crippen molar-refractivity contribution < 1.29 is 0 Å². The number of fused-ring (bicyclic) bond motifs is 1. The topological polar surface area (TPSA) is 57.5 Å². The summed E-state index contributed by atoms with van der Waals surface area (Å²) in [5, 5.41) is 15.6. The summed E-state index contributed by atoms with van der Waals surface area (Å²) in [6, 6.07) is 4.35. The van der Waals surface area contributed by atoms with Crippen LogP contribution in [0.5, 0.6) is 0 Å². The fourth-order valence-corrected chi connectivity index (χ4v) is 3.34. The monoisotopic (exact) mass is 286 g/mol. The molecule has 0 aromatic carbocycles. The van der Waals surface area contributed by atoms with Crippen molar-refractivity contribution in [3.63, 3.8) is 0 Å². The van der Waals surface area contributed by atoms with Crippen LogP contribution < -0.4 is 15.5 Å². The summed E-state index contributed by atoms with van der Waals surface area (Å²) in [6.07, 6.45) is 4.39. The van der Waals surface area contributed by atoms with Crippen LogP contribution >= 0.6 is 0 Å². The lowest BCUT2D eigenvalue weighted by Gasteiger charge is -2.29. The van der Waals surface area contributed by atoms with Gasteiger partial charge >= 0.3 is 0 Å². The molecule has 2 saturated heterocycles. The predicted molar refractivity (Wildman–Crippen MR) is 82.8 cm³/mol. The molecule has 0 spiro atoms. The van der Waals surface area contributed by atoms with E-state index in [4.69, 9.17) is 0 Å². The van der Waals surface area contributed by atoms with Crippen molar-refractivity contribution in [3.05, 3.63) is 24.2 Å². The Morgan fingerprint density at radius 1 is 1.14 bits per heavy atom. The van der Waals surface area contributed by atoms with Crippen LogP contribution in [0.2, 0.25) is 0 Å². The number of piperazine rings is 1. The van der Waals surface area contributed by atoms with Crippen molar-refractivity contribution in [2.75, 3.05) is 44.2 Å². The zero-order valence-electron chi connectivity index (χ0n) is 12.3. The van der Waals surface area contributed by atoms with E-state index in [0.29, 0.717) is 5.92 Å². The van der Waals surface area contributed by atoms with E-state index in [0.717, 1.165) is 57.2 Å². The first-order valence-electron chi connectivity index (χ1n) is 7.90. The standard InChI is InChI=1S/C15H22N6/c1-3-17-11-12(1)9-14-18-19-15-10-13(2-6-21(14)15)20-7-4-16-5-8-20/h2,6,10,12,16-17H,1,3-5,7-9,11H2. The molecule has 0 aliphatic carbocycles. The molecule has 6 nitrogen and oxygen atoms in total. The third-order valence-corrected chi connectivity index (χ3v) is 4.58. The van der Waals surface area contributed by atoms with Gasteiger partial charge in [-0.2, -0.15) is 0 Å². The van der Waals surface area contributed by atoms with E-state index in [1.165, 1.54) is 12.1 Å². The Morgan fingerprint density at radius 2 is 2.05 bits per heavy atom. The van der Waals surface area contributed by atoms with E-state index in [-0.39, 0.29) is 0 Å². The quantitative estimate of drug-likeness (QED) is 0.849. The highest BCUT2D eigenvalue weighted by Gasteiger charge is 2.18. The summed E-state index contributed by atoms with van der Waals surface area (Å²) in [6.45, 7) is 6.47. The first-order chi connectivity index (χ1) is 10.4. The smallest absolute Gasteiger partial charge is 0.162 e. The SMILES string of the molecule is c1cn2c(CC3CCNC3)nnc2cc1N1CCNCC1. The Bertz CT molecular complexity index is 610. The van der Waals surface area contributed by atoms with E-state index in [1.807, 2.05) is 0 Å². The lowest BCUT2D eigenvalue weighted by molar-refractivity contribution is 0.558. The first-order valence-corrected chi connectivity index (χ1v) is 7.90. The summed E-state index contributed by atoms with van der Waals surface area (Å²) in [7, 11) is 0. The van der Waals surface area contributed by atoms with Gasteiger partial charge in [-0.3, -0.25) is 4.40 Å². The van der Waals surface area contributed by atoms with Crippen LogP contribution in [0.4, 0.5) is 5.69 Å². The van der Waals surface area contributed by atoms with Gasteiger partial charge in [0.15, 0.2) is 5.65 Å². The van der Waals surface area contributed by atoms with E-state index < -0.39 is 0 Å². The summed E-state index contributed by atoms with van der Waals surface area (Å²) < 4.78 is 2.14. The van der Waals surface area contributed by atoms with Crippen molar-refractivity contribution in [3.8, 4) is 0 Å². The van der Waals surface area contributed by atoms with Gasteiger partial charge in [0.2, 0.25) is 0 Å². The third kappa shape index (κ3) is 2.61. The van der Waals surface area contributed by atoms with Gasteiger partial charge in [0.1, 0.15) is 5.82 Å². The number of aromatic nitrogens is 3. The lowest BCUT2D eigenvalue weighted by Crippen LogP contribution is -2.43. The van der Waals surface area contributed by atoms with Crippen LogP contribution in [0.25, 0.3) is 5.65 Å². The van der Waals surface area contributed by atoms with Gasteiger partial charge in [0.05, 0.1) is 0 Å². The summed E-state index contributed by atoms with van der Waals surface area (Å²) in [5.41, 5.74) is 2.22. The molecule has 2 aliphatic rings. The van der Waals surface area contributed by atoms with Gasteiger partial charge in [-0.05, 0) is 31.5 Å². The van der Waals surface area contributed by atoms with Crippen LogP contribution in [-0.4, -0.2) is 53.9 Å². The third-order valence-electron chi connectivity index (χ3n) is 4.58. The molecule has 0 radical (unpaired) electrons. The Balaban J connectivity index is 1.57. The molecule has 1 unspecified atom stereocenters. The maximum Gasteiger partial charge on any atom is 0.162 e. The van der Waals surface area contributed by atoms with E-state index in [9.17, 15) is 0 Å². The van der Waals surface area contributed by atoms with Crippen LogP contribution in [0.1, 0.15) is 12.2 Å². The maximum atomic E-state index is 4.40. The molecule has 1 atom stereocenters. The minimum atomic E-state index is 0.699. The van der Waals surface area contributed by atoms with Gasteiger partial charge in [-0.15, -0.1) is 10.2 Å². The highest BCUT2D eigenvalue weighted by Crippen LogP contribution is 2.19. The Hall–Kier alpha value is -1.66. The fraction of sp³-hybridized carbons (Fsp3) is 0.600. The maximum absolute atomic E-state index is 4.40. The second kappa shape index (κ2) is 5.61. The molecular formula is C15H22N6. The van der Waals surface area contributed by atoms with Crippen LogP contribution in [0.3, 0.4) is 0 Å². The van der Waals surface area contributed by atoms with Crippen molar-refractivity contribution in [1.29, 1.82) is 0 Å². The van der Waals surface area contributed by atoms with Crippen molar-refractivity contribution in [2.24, 2.45) is 5.92 Å². The Morgan fingerprint density at radius 3 is 2.86 bits per heavy atom. The molecule has 4 heterocycles. The zero-order valence-corrected chi connectivity index (χ0v) is 12.3. The molecule has 112 valence electrons. The molecule has 0 amide bonds. The van der Waals surface area contributed by atoms with E-state index in [1.54, 1.807) is 0 Å². The number of nitrogens with one attached hydrogen (secondary N) is 2. The van der Waals surface area contributed by atoms with Crippen LogP contribution in [0.15, 0.2) is 18.3 Å². The molecule has 0 bridgehead atoms. The second-order valence-corrected chi connectivity index (χ2v) is 6.03. The van der Waals surface area contributed by atoms with Crippen LogP contribution in [0, 0.1) is 5.92 Å². The highest BCUT2D eigenvalue weighted by molar-refractivity contribution is 5.56. The molecule has 2 fully saturated rings. The summed E-state index contributed by atoms with van der Waals surface area (Å²) in [5.74, 6) is 1.79. The number of anilines is 1. The molecule has 2 aliphatic heterocycles. The molecule has 0 saturated carbocycles.